The normalized spacial score (nSPS) is 22.2. The predicted octanol–water partition coefficient (Wildman–Crippen LogP) is 2.99. The first kappa shape index (κ1) is 16.4. The fourth-order valence-electron chi connectivity index (χ4n) is 3.47. The number of rotatable bonds is 3. The SMILES string of the molecule is CC(C)=CC=NN(C)c1cc2c(nn1)CC1CCCC2N1C(=O)O. The van der Waals surface area contributed by atoms with Crippen LogP contribution in [0, 0.1) is 0 Å². The van der Waals surface area contributed by atoms with Crippen LogP contribution < -0.4 is 5.01 Å². The second kappa shape index (κ2) is 6.59. The number of amides is 1. The van der Waals surface area contributed by atoms with E-state index < -0.39 is 6.09 Å². The average Bonchev–Trinajstić information content (AvgIpc) is 2.53. The Morgan fingerprint density at radius 3 is 2.92 bits per heavy atom. The maximum absolute atomic E-state index is 11.7. The van der Waals surface area contributed by atoms with Crippen LogP contribution in [0.2, 0.25) is 0 Å². The Labute approximate surface area is 141 Å². The highest BCUT2D eigenvalue weighted by Crippen LogP contribution is 2.41. The average molecular weight is 329 g/mol. The van der Waals surface area contributed by atoms with Gasteiger partial charge in [0.25, 0.3) is 0 Å². The van der Waals surface area contributed by atoms with Gasteiger partial charge in [0.05, 0.1) is 11.7 Å². The lowest BCUT2D eigenvalue weighted by atomic mass is 9.83. The number of nitrogens with zero attached hydrogens (tertiary/aromatic N) is 5. The van der Waals surface area contributed by atoms with Crippen molar-refractivity contribution in [3.63, 3.8) is 0 Å². The van der Waals surface area contributed by atoms with Gasteiger partial charge in [-0.2, -0.15) is 10.2 Å². The van der Waals surface area contributed by atoms with Gasteiger partial charge in [-0.3, -0.25) is 4.90 Å². The van der Waals surface area contributed by atoms with Crippen molar-refractivity contribution in [2.75, 3.05) is 12.1 Å². The molecule has 2 bridgehead atoms. The first-order chi connectivity index (χ1) is 11.5. The van der Waals surface area contributed by atoms with Gasteiger partial charge >= 0.3 is 6.09 Å². The molecule has 24 heavy (non-hydrogen) atoms. The molecule has 2 atom stereocenters. The van der Waals surface area contributed by atoms with Crippen LogP contribution in [0.4, 0.5) is 10.6 Å². The Bertz CT molecular complexity index is 696. The zero-order valence-corrected chi connectivity index (χ0v) is 14.3. The summed E-state index contributed by atoms with van der Waals surface area (Å²) in [6, 6.07) is 1.85. The van der Waals surface area contributed by atoms with E-state index in [-0.39, 0.29) is 12.1 Å². The first-order valence-electron chi connectivity index (χ1n) is 8.26. The van der Waals surface area contributed by atoms with E-state index in [9.17, 15) is 9.90 Å². The number of anilines is 1. The summed E-state index contributed by atoms with van der Waals surface area (Å²) in [6.45, 7) is 4.01. The number of aromatic nitrogens is 2. The monoisotopic (exact) mass is 329 g/mol. The highest BCUT2D eigenvalue weighted by Gasteiger charge is 2.41. The first-order valence-corrected chi connectivity index (χ1v) is 8.26. The molecule has 0 aliphatic carbocycles. The molecule has 1 N–H and O–H groups in total. The maximum Gasteiger partial charge on any atom is 0.408 e. The molecule has 7 nitrogen and oxygen atoms in total. The number of carboxylic acid groups (broad SMARTS) is 1. The molecule has 1 fully saturated rings. The molecule has 128 valence electrons. The molecule has 0 spiro atoms. The fraction of sp³-hybridized carbons (Fsp3) is 0.529. The second-order valence-electron chi connectivity index (χ2n) is 6.63. The van der Waals surface area contributed by atoms with Crippen molar-refractivity contribution in [3.05, 3.63) is 29.0 Å². The standard InChI is InChI=1S/C17H23N5O2/c1-11(2)7-8-18-21(3)16-10-13-14(19-20-16)9-12-5-4-6-15(13)22(12)17(23)24/h7-8,10,12,15H,4-6,9H2,1-3H3,(H,23,24). The van der Waals surface area contributed by atoms with Crippen molar-refractivity contribution in [1.82, 2.24) is 15.1 Å². The van der Waals surface area contributed by atoms with E-state index >= 15 is 0 Å². The predicted molar refractivity (Wildman–Crippen MR) is 92.3 cm³/mol. The summed E-state index contributed by atoms with van der Waals surface area (Å²) < 4.78 is 0. The van der Waals surface area contributed by atoms with Crippen LogP contribution >= 0.6 is 0 Å². The lowest BCUT2D eigenvalue weighted by Gasteiger charge is -2.44. The van der Waals surface area contributed by atoms with E-state index in [1.807, 2.05) is 33.0 Å². The van der Waals surface area contributed by atoms with Crippen LogP contribution in [-0.4, -0.2) is 45.6 Å². The van der Waals surface area contributed by atoms with E-state index in [1.54, 1.807) is 16.1 Å². The van der Waals surface area contributed by atoms with Gasteiger partial charge in [-0.05, 0) is 45.3 Å². The highest BCUT2D eigenvalue weighted by atomic mass is 16.4. The summed E-state index contributed by atoms with van der Waals surface area (Å²) in [5.41, 5.74) is 3.06. The van der Waals surface area contributed by atoms with Crippen LogP contribution in [0.3, 0.4) is 0 Å². The molecular formula is C17H23N5O2. The molecule has 3 rings (SSSR count). The lowest BCUT2D eigenvalue weighted by molar-refractivity contribution is 0.0614. The van der Waals surface area contributed by atoms with Gasteiger partial charge in [-0.15, -0.1) is 5.10 Å². The summed E-state index contributed by atoms with van der Waals surface area (Å²) in [7, 11) is 1.81. The maximum atomic E-state index is 11.7. The molecule has 1 aromatic rings. The van der Waals surface area contributed by atoms with Crippen molar-refractivity contribution in [1.29, 1.82) is 0 Å². The molecular weight excluding hydrogens is 306 g/mol. The molecule has 2 aliphatic heterocycles. The van der Waals surface area contributed by atoms with E-state index in [1.165, 1.54) is 0 Å². The molecule has 2 aliphatic rings. The van der Waals surface area contributed by atoms with Gasteiger partial charge in [0, 0.05) is 31.3 Å². The third-order valence-corrected chi connectivity index (χ3v) is 4.62. The summed E-state index contributed by atoms with van der Waals surface area (Å²) in [4.78, 5) is 13.3. The molecule has 3 heterocycles. The largest absolute Gasteiger partial charge is 0.465 e. The minimum atomic E-state index is -0.844. The van der Waals surface area contributed by atoms with E-state index in [0.717, 1.165) is 36.1 Å². The van der Waals surface area contributed by atoms with Crippen molar-refractivity contribution >= 4 is 18.1 Å². The summed E-state index contributed by atoms with van der Waals surface area (Å²) >= 11 is 0. The van der Waals surface area contributed by atoms with Crippen LogP contribution in [0.25, 0.3) is 0 Å². The molecule has 0 saturated carbocycles. The smallest absolute Gasteiger partial charge is 0.408 e. The van der Waals surface area contributed by atoms with Gasteiger partial charge in [0.15, 0.2) is 5.82 Å². The molecule has 1 aromatic heterocycles. The zero-order valence-electron chi connectivity index (χ0n) is 14.3. The third-order valence-electron chi connectivity index (χ3n) is 4.62. The number of piperidine rings is 1. The molecule has 1 amide bonds. The Balaban J connectivity index is 1.90. The lowest BCUT2D eigenvalue weighted by Crippen LogP contribution is -2.49. The number of hydrogen-bond donors (Lipinski definition) is 1. The van der Waals surface area contributed by atoms with Crippen LogP contribution in [0.15, 0.2) is 22.8 Å². The van der Waals surface area contributed by atoms with Crippen molar-refractivity contribution < 1.29 is 9.90 Å². The summed E-state index contributed by atoms with van der Waals surface area (Å²) in [5, 5.41) is 24.2. The Morgan fingerprint density at radius 1 is 1.42 bits per heavy atom. The summed E-state index contributed by atoms with van der Waals surface area (Å²) in [6.07, 6.45) is 6.23. The fourth-order valence-corrected chi connectivity index (χ4v) is 3.47. The van der Waals surface area contributed by atoms with Gasteiger partial charge in [-0.25, -0.2) is 9.80 Å². The Kier molecular flexibility index (Phi) is 4.51. The number of hydrogen-bond acceptors (Lipinski definition) is 5. The Morgan fingerprint density at radius 2 is 2.21 bits per heavy atom. The third kappa shape index (κ3) is 3.11. The Hall–Kier alpha value is -2.44. The van der Waals surface area contributed by atoms with E-state index in [4.69, 9.17) is 0 Å². The topological polar surface area (TPSA) is 81.9 Å². The van der Waals surface area contributed by atoms with E-state index in [2.05, 4.69) is 15.3 Å². The van der Waals surface area contributed by atoms with Gasteiger partial charge in [0.1, 0.15) is 0 Å². The summed E-state index contributed by atoms with van der Waals surface area (Å²) in [5.74, 6) is 0.626. The van der Waals surface area contributed by atoms with Gasteiger partial charge in [0.2, 0.25) is 0 Å². The van der Waals surface area contributed by atoms with Crippen molar-refractivity contribution in [2.24, 2.45) is 5.10 Å². The number of fused-ring (bicyclic) bond motifs is 4. The van der Waals surface area contributed by atoms with E-state index in [0.29, 0.717) is 12.2 Å². The number of allylic oxidation sites excluding steroid dienone is 2. The number of carbonyl (C=O) groups is 1. The zero-order chi connectivity index (χ0) is 17.3. The van der Waals surface area contributed by atoms with Gasteiger partial charge < -0.3 is 5.11 Å². The molecule has 0 radical (unpaired) electrons. The quantitative estimate of drug-likeness (QED) is 0.681. The van der Waals surface area contributed by atoms with Crippen LogP contribution in [0.1, 0.15) is 50.4 Å². The van der Waals surface area contributed by atoms with Crippen molar-refractivity contribution in [3.8, 4) is 0 Å². The molecule has 7 heteroatoms. The molecule has 1 saturated heterocycles. The molecule has 2 unspecified atom stereocenters. The van der Waals surface area contributed by atoms with Crippen LogP contribution in [-0.2, 0) is 6.42 Å². The highest BCUT2D eigenvalue weighted by molar-refractivity contribution is 5.73. The van der Waals surface area contributed by atoms with Crippen molar-refractivity contribution in [2.45, 2.75) is 51.6 Å². The minimum absolute atomic E-state index is 0.0299. The molecule has 0 aromatic carbocycles. The minimum Gasteiger partial charge on any atom is -0.465 e. The number of hydrazone groups is 1. The second-order valence-corrected chi connectivity index (χ2v) is 6.63. The van der Waals surface area contributed by atoms with Gasteiger partial charge in [-0.1, -0.05) is 5.57 Å². The van der Waals surface area contributed by atoms with Crippen LogP contribution in [0.5, 0.6) is 0 Å².